The minimum absolute atomic E-state index is 0.162. The maximum absolute atomic E-state index is 12.1. The number of hydrogen-bond acceptors (Lipinski definition) is 4. The predicted molar refractivity (Wildman–Crippen MR) is 91.9 cm³/mol. The van der Waals surface area contributed by atoms with Crippen molar-refractivity contribution in [2.75, 3.05) is 6.26 Å². The molecule has 23 heavy (non-hydrogen) atoms. The number of fused-ring (bicyclic) bond motifs is 1. The molecule has 116 valence electrons. The number of thioether (sulfide) groups is 1. The number of aromatic nitrogens is 1. The Kier molecular flexibility index (Phi) is 4.48. The third-order valence-electron chi connectivity index (χ3n) is 3.49. The van der Waals surface area contributed by atoms with E-state index in [1.54, 1.807) is 36.0 Å². The first-order valence-electron chi connectivity index (χ1n) is 7.09. The van der Waals surface area contributed by atoms with Crippen molar-refractivity contribution in [1.29, 1.82) is 0 Å². The molecule has 1 heterocycles. The van der Waals surface area contributed by atoms with Gasteiger partial charge in [-0.1, -0.05) is 24.3 Å². The van der Waals surface area contributed by atoms with Crippen molar-refractivity contribution in [3.05, 3.63) is 76.1 Å². The van der Waals surface area contributed by atoms with Gasteiger partial charge < -0.3 is 9.72 Å². The molecule has 3 rings (SSSR count). The van der Waals surface area contributed by atoms with E-state index in [1.165, 1.54) is 6.07 Å². The molecule has 0 fully saturated rings. The Hall–Kier alpha value is -2.53. The van der Waals surface area contributed by atoms with E-state index in [4.69, 9.17) is 4.74 Å². The summed E-state index contributed by atoms with van der Waals surface area (Å²) in [5, 5.41) is 0.553. The van der Waals surface area contributed by atoms with Crippen LogP contribution in [0.4, 0.5) is 0 Å². The van der Waals surface area contributed by atoms with E-state index >= 15 is 0 Å². The number of H-pyrrole nitrogens is 1. The summed E-state index contributed by atoms with van der Waals surface area (Å²) in [4.78, 5) is 28.3. The molecule has 0 unspecified atom stereocenters. The zero-order valence-electron chi connectivity index (χ0n) is 12.5. The molecule has 0 saturated carbocycles. The summed E-state index contributed by atoms with van der Waals surface area (Å²) in [7, 11) is 0. The standard InChI is InChI=1S/C18H15NO3S/c1-23-13-8-6-12(7-9-13)11-22-18(21)16-10-17(20)14-4-2-3-5-15(14)19-16/h2-10H,11H2,1H3,(H,19,20). The van der Waals surface area contributed by atoms with E-state index in [1.807, 2.05) is 30.5 Å². The topological polar surface area (TPSA) is 59.2 Å². The lowest BCUT2D eigenvalue weighted by molar-refractivity contribution is 0.0466. The summed E-state index contributed by atoms with van der Waals surface area (Å²) in [5.41, 5.74) is 1.49. The van der Waals surface area contributed by atoms with E-state index in [9.17, 15) is 9.59 Å². The first-order valence-corrected chi connectivity index (χ1v) is 8.32. The van der Waals surface area contributed by atoms with Crippen molar-refractivity contribution in [2.24, 2.45) is 0 Å². The summed E-state index contributed by atoms with van der Waals surface area (Å²) in [5.74, 6) is -0.540. The maximum atomic E-state index is 12.1. The van der Waals surface area contributed by atoms with Crippen molar-refractivity contribution >= 4 is 28.6 Å². The molecule has 1 N–H and O–H groups in total. The van der Waals surface area contributed by atoms with Crippen LogP contribution in [0, 0.1) is 0 Å². The van der Waals surface area contributed by atoms with Gasteiger partial charge in [-0.25, -0.2) is 4.79 Å². The molecule has 0 amide bonds. The average Bonchev–Trinajstić information content (AvgIpc) is 2.60. The fourth-order valence-corrected chi connectivity index (χ4v) is 2.66. The van der Waals surface area contributed by atoms with Crippen LogP contribution in [-0.2, 0) is 11.3 Å². The van der Waals surface area contributed by atoms with E-state index in [2.05, 4.69) is 4.98 Å². The van der Waals surface area contributed by atoms with E-state index in [-0.39, 0.29) is 17.7 Å². The predicted octanol–water partition coefficient (Wildman–Crippen LogP) is 3.61. The van der Waals surface area contributed by atoms with Crippen molar-refractivity contribution in [2.45, 2.75) is 11.5 Å². The zero-order valence-corrected chi connectivity index (χ0v) is 13.4. The van der Waals surface area contributed by atoms with E-state index in [0.29, 0.717) is 10.9 Å². The SMILES string of the molecule is CSc1ccc(COC(=O)c2cc(=O)c3ccccc3[nH]2)cc1. The molecule has 0 spiro atoms. The van der Waals surface area contributed by atoms with E-state index in [0.717, 1.165) is 10.5 Å². The van der Waals surface area contributed by atoms with Crippen LogP contribution in [-0.4, -0.2) is 17.2 Å². The maximum Gasteiger partial charge on any atom is 0.355 e. The second kappa shape index (κ2) is 6.71. The molecule has 0 aliphatic rings. The van der Waals surface area contributed by atoms with Crippen molar-refractivity contribution in [3.63, 3.8) is 0 Å². The average molecular weight is 325 g/mol. The Labute approximate surface area is 137 Å². The van der Waals surface area contributed by atoms with Crippen LogP contribution in [0.25, 0.3) is 10.9 Å². The Bertz CT molecular complexity index is 900. The number of esters is 1. The highest BCUT2D eigenvalue weighted by atomic mass is 32.2. The summed E-state index contributed by atoms with van der Waals surface area (Å²) >= 11 is 1.65. The third-order valence-corrected chi connectivity index (χ3v) is 4.23. The van der Waals surface area contributed by atoms with Gasteiger partial charge in [-0.15, -0.1) is 11.8 Å². The van der Waals surface area contributed by atoms with Crippen LogP contribution in [0.5, 0.6) is 0 Å². The first kappa shape index (κ1) is 15.4. The van der Waals surface area contributed by atoms with Crippen LogP contribution in [0.3, 0.4) is 0 Å². The van der Waals surface area contributed by atoms with Crippen LogP contribution in [0.1, 0.15) is 16.1 Å². The van der Waals surface area contributed by atoms with Gasteiger partial charge in [0.25, 0.3) is 0 Å². The number of carbonyl (C=O) groups is 1. The van der Waals surface area contributed by atoms with Gasteiger partial charge >= 0.3 is 5.97 Å². The monoisotopic (exact) mass is 325 g/mol. The summed E-state index contributed by atoms with van der Waals surface area (Å²) in [6.45, 7) is 0.169. The molecule has 1 aromatic heterocycles. The first-order chi connectivity index (χ1) is 11.2. The molecule has 0 saturated heterocycles. The Morgan fingerprint density at radius 2 is 1.87 bits per heavy atom. The number of hydrogen-bond donors (Lipinski definition) is 1. The van der Waals surface area contributed by atoms with Crippen LogP contribution < -0.4 is 5.43 Å². The number of benzene rings is 2. The molecule has 3 aromatic rings. The molecule has 4 nitrogen and oxygen atoms in total. The zero-order chi connectivity index (χ0) is 16.2. The van der Waals surface area contributed by atoms with Crippen molar-refractivity contribution < 1.29 is 9.53 Å². The minimum atomic E-state index is -0.540. The molecule has 0 radical (unpaired) electrons. The van der Waals surface area contributed by atoms with Gasteiger partial charge in [0.05, 0.1) is 0 Å². The van der Waals surface area contributed by atoms with Gasteiger partial charge in [-0.05, 0) is 36.1 Å². The number of nitrogens with one attached hydrogen (secondary N) is 1. The Balaban J connectivity index is 1.76. The summed E-state index contributed by atoms with van der Waals surface area (Å²) in [6.07, 6.45) is 2.01. The molecule has 0 bridgehead atoms. The number of pyridine rings is 1. The summed E-state index contributed by atoms with van der Waals surface area (Å²) in [6, 6.07) is 16.1. The number of rotatable bonds is 4. The van der Waals surface area contributed by atoms with E-state index < -0.39 is 5.97 Å². The third kappa shape index (κ3) is 3.46. The fraction of sp³-hybridized carbons (Fsp3) is 0.111. The molecular formula is C18H15NO3S. The molecule has 5 heteroatoms. The highest BCUT2D eigenvalue weighted by Gasteiger charge is 2.11. The smallest absolute Gasteiger partial charge is 0.355 e. The number of carbonyl (C=O) groups excluding carboxylic acids is 1. The van der Waals surface area contributed by atoms with Gasteiger partial charge in [-0.3, -0.25) is 4.79 Å². The lowest BCUT2D eigenvalue weighted by Crippen LogP contribution is -2.12. The molecule has 0 aliphatic carbocycles. The largest absolute Gasteiger partial charge is 0.456 e. The van der Waals surface area contributed by atoms with Gasteiger partial charge in [0.2, 0.25) is 0 Å². The quantitative estimate of drug-likeness (QED) is 0.588. The van der Waals surface area contributed by atoms with Gasteiger partial charge in [-0.2, -0.15) is 0 Å². The lowest BCUT2D eigenvalue weighted by atomic mass is 10.2. The second-order valence-corrected chi connectivity index (χ2v) is 5.90. The van der Waals surface area contributed by atoms with Crippen molar-refractivity contribution in [3.8, 4) is 0 Å². The second-order valence-electron chi connectivity index (χ2n) is 5.02. The van der Waals surface area contributed by atoms with Crippen LogP contribution >= 0.6 is 11.8 Å². The van der Waals surface area contributed by atoms with Crippen LogP contribution in [0.15, 0.2) is 64.3 Å². The highest BCUT2D eigenvalue weighted by Crippen LogP contribution is 2.15. The number of ether oxygens (including phenoxy) is 1. The fourth-order valence-electron chi connectivity index (χ4n) is 2.26. The van der Waals surface area contributed by atoms with Gasteiger partial charge in [0, 0.05) is 21.9 Å². The highest BCUT2D eigenvalue weighted by molar-refractivity contribution is 7.98. The van der Waals surface area contributed by atoms with Gasteiger partial charge in [0.15, 0.2) is 5.43 Å². The van der Waals surface area contributed by atoms with Gasteiger partial charge in [0.1, 0.15) is 12.3 Å². The number of aromatic amines is 1. The normalized spacial score (nSPS) is 10.7. The molecule has 0 aliphatic heterocycles. The molecule has 0 atom stereocenters. The Morgan fingerprint density at radius 3 is 2.61 bits per heavy atom. The minimum Gasteiger partial charge on any atom is -0.456 e. The van der Waals surface area contributed by atoms with Crippen molar-refractivity contribution in [1.82, 2.24) is 4.98 Å². The summed E-state index contributed by atoms with van der Waals surface area (Å²) < 4.78 is 5.28. The van der Waals surface area contributed by atoms with Crippen LogP contribution in [0.2, 0.25) is 0 Å². The lowest BCUT2D eigenvalue weighted by Gasteiger charge is -2.06. The molecule has 2 aromatic carbocycles. The number of para-hydroxylation sites is 1. The Morgan fingerprint density at radius 1 is 1.13 bits per heavy atom. The molecular weight excluding hydrogens is 310 g/mol.